The van der Waals surface area contributed by atoms with Crippen molar-refractivity contribution in [1.82, 2.24) is 15.1 Å². The molecule has 7 heteroatoms. The van der Waals surface area contributed by atoms with Gasteiger partial charge in [-0.05, 0) is 58.9 Å². The van der Waals surface area contributed by atoms with Gasteiger partial charge in [-0.15, -0.1) is 0 Å². The van der Waals surface area contributed by atoms with Crippen LogP contribution in [0.1, 0.15) is 25.7 Å². The van der Waals surface area contributed by atoms with Crippen molar-refractivity contribution in [3.05, 3.63) is 0 Å². The standard InChI is InChI=1S/C13H22F3N3O/c1-18-8-4-11(5-9-18)19(12(20)13(14,15)16)10-2-6-17-7-3-10/h10-11,17H,2-9H2,1H3. The molecule has 1 amide bonds. The predicted octanol–water partition coefficient (Wildman–Crippen LogP) is 1.22. The molecule has 0 radical (unpaired) electrons. The molecule has 20 heavy (non-hydrogen) atoms. The van der Waals surface area contributed by atoms with Gasteiger partial charge in [0.25, 0.3) is 0 Å². The van der Waals surface area contributed by atoms with Crippen molar-refractivity contribution in [2.24, 2.45) is 0 Å². The van der Waals surface area contributed by atoms with Crippen molar-refractivity contribution in [2.75, 3.05) is 33.2 Å². The molecule has 2 fully saturated rings. The van der Waals surface area contributed by atoms with Crippen LogP contribution in [0, 0.1) is 0 Å². The number of piperidine rings is 2. The highest BCUT2D eigenvalue weighted by Gasteiger charge is 2.47. The number of amides is 1. The van der Waals surface area contributed by atoms with E-state index in [-0.39, 0.29) is 12.1 Å². The van der Waals surface area contributed by atoms with E-state index < -0.39 is 12.1 Å². The quantitative estimate of drug-likeness (QED) is 0.831. The lowest BCUT2D eigenvalue weighted by Crippen LogP contribution is -2.57. The lowest BCUT2D eigenvalue weighted by molar-refractivity contribution is -0.192. The second-order valence-electron chi connectivity index (χ2n) is 5.73. The Balaban J connectivity index is 2.12. The number of halogens is 3. The second-order valence-corrected chi connectivity index (χ2v) is 5.73. The van der Waals surface area contributed by atoms with Crippen molar-refractivity contribution < 1.29 is 18.0 Å². The largest absolute Gasteiger partial charge is 0.471 e. The SMILES string of the molecule is CN1CCC(N(C(=O)C(F)(F)F)C2CCNCC2)CC1. The maximum Gasteiger partial charge on any atom is 0.471 e. The first kappa shape index (κ1) is 15.6. The Bertz CT molecular complexity index is 334. The van der Waals surface area contributed by atoms with E-state index in [1.54, 1.807) is 0 Å². The van der Waals surface area contributed by atoms with Crippen LogP contribution in [0.3, 0.4) is 0 Å². The zero-order valence-corrected chi connectivity index (χ0v) is 11.7. The zero-order chi connectivity index (χ0) is 14.8. The molecule has 0 aromatic heterocycles. The molecule has 2 heterocycles. The van der Waals surface area contributed by atoms with E-state index in [1.165, 1.54) is 0 Å². The van der Waals surface area contributed by atoms with Gasteiger partial charge in [-0.1, -0.05) is 0 Å². The molecule has 4 nitrogen and oxygen atoms in total. The number of nitrogens with zero attached hydrogens (tertiary/aromatic N) is 2. The minimum atomic E-state index is -4.77. The Hall–Kier alpha value is -0.820. The van der Waals surface area contributed by atoms with Gasteiger partial charge in [0.2, 0.25) is 0 Å². The van der Waals surface area contributed by atoms with Crippen LogP contribution in [0.5, 0.6) is 0 Å². The van der Waals surface area contributed by atoms with E-state index in [0.717, 1.165) is 18.0 Å². The summed E-state index contributed by atoms with van der Waals surface area (Å²) < 4.78 is 38.6. The van der Waals surface area contributed by atoms with Crippen LogP contribution in [0.2, 0.25) is 0 Å². The fourth-order valence-electron chi connectivity index (χ4n) is 3.13. The van der Waals surface area contributed by atoms with Gasteiger partial charge in [-0.3, -0.25) is 4.79 Å². The van der Waals surface area contributed by atoms with E-state index in [0.29, 0.717) is 38.8 Å². The van der Waals surface area contributed by atoms with Gasteiger partial charge in [0.1, 0.15) is 0 Å². The smallest absolute Gasteiger partial charge is 0.329 e. The molecule has 2 aliphatic rings. The fourth-order valence-corrected chi connectivity index (χ4v) is 3.13. The number of alkyl halides is 3. The molecule has 0 aliphatic carbocycles. The van der Waals surface area contributed by atoms with Gasteiger partial charge in [0.15, 0.2) is 0 Å². The third-order valence-electron chi connectivity index (χ3n) is 4.26. The van der Waals surface area contributed by atoms with Crippen LogP contribution in [-0.4, -0.2) is 67.2 Å². The number of rotatable bonds is 2. The van der Waals surface area contributed by atoms with Gasteiger partial charge < -0.3 is 15.1 Å². The van der Waals surface area contributed by atoms with Crippen LogP contribution in [0.25, 0.3) is 0 Å². The Morgan fingerprint density at radius 2 is 1.60 bits per heavy atom. The number of carbonyl (C=O) groups is 1. The Morgan fingerprint density at radius 1 is 1.10 bits per heavy atom. The molecular formula is C13H22F3N3O. The fraction of sp³-hybridized carbons (Fsp3) is 0.923. The van der Waals surface area contributed by atoms with Gasteiger partial charge in [0, 0.05) is 12.1 Å². The van der Waals surface area contributed by atoms with Crippen molar-refractivity contribution in [3.63, 3.8) is 0 Å². The third-order valence-corrected chi connectivity index (χ3v) is 4.26. The van der Waals surface area contributed by atoms with Crippen molar-refractivity contribution in [2.45, 2.75) is 43.9 Å². The number of likely N-dealkylation sites (tertiary alicyclic amines) is 1. The average Bonchev–Trinajstić information content (AvgIpc) is 2.41. The lowest BCUT2D eigenvalue weighted by Gasteiger charge is -2.43. The Morgan fingerprint density at radius 3 is 2.10 bits per heavy atom. The van der Waals surface area contributed by atoms with Crippen LogP contribution in [0.15, 0.2) is 0 Å². The molecule has 0 atom stereocenters. The maximum absolute atomic E-state index is 12.9. The lowest BCUT2D eigenvalue weighted by atomic mass is 9.97. The first-order valence-corrected chi connectivity index (χ1v) is 7.18. The average molecular weight is 293 g/mol. The van der Waals surface area contributed by atoms with Crippen molar-refractivity contribution in [3.8, 4) is 0 Å². The minimum Gasteiger partial charge on any atom is -0.329 e. The van der Waals surface area contributed by atoms with Crippen LogP contribution in [0.4, 0.5) is 13.2 Å². The monoisotopic (exact) mass is 293 g/mol. The van der Waals surface area contributed by atoms with Gasteiger partial charge in [0.05, 0.1) is 0 Å². The van der Waals surface area contributed by atoms with Crippen molar-refractivity contribution in [1.29, 1.82) is 0 Å². The summed E-state index contributed by atoms with van der Waals surface area (Å²) in [5.41, 5.74) is 0. The number of nitrogens with one attached hydrogen (secondary N) is 1. The Labute approximate surface area is 117 Å². The molecule has 0 aromatic rings. The maximum atomic E-state index is 12.9. The molecule has 0 bridgehead atoms. The molecule has 2 aliphatic heterocycles. The summed E-state index contributed by atoms with van der Waals surface area (Å²) in [6.07, 6.45) is -2.30. The Kier molecular flexibility index (Phi) is 4.90. The number of hydrogen-bond acceptors (Lipinski definition) is 3. The topological polar surface area (TPSA) is 35.6 Å². The summed E-state index contributed by atoms with van der Waals surface area (Å²) in [6.45, 7) is 2.85. The molecule has 0 spiro atoms. The summed E-state index contributed by atoms with van der Waals surface area (Å²) in [5, 5.41) is 3.13. The normalized spacial score (nSPS) is 23.8. The first-order chi connectivity index (χ1) is 9.39. The summed E-state index contributed by atoms with van der Waals surface area (Å²) in [7, 11) is 1.96. The van der Waals surface area contributed by atoms with E-state index in [9.17, 15) is 18.0 Å². The molecule has 0 saturated carbocycles. The van der Waals surface area contributed by atoms with Crippen LogP contribution in [-0.2, 0) is 4.79 Å². The van der Waals surface area contributed by atoms with Crippen LogP contribution >= 0.6 is 0 Å². The zero-order valence-electron chi connectivity index (χ0n) is 11.7. The summed E-state index contributed by atoms with van der Waals surface area (Å²) in [6, 6.07) is -0.554. The molecule has 2 rings (SSSR count). The molecule has 0 aromatic carbocycles. The molecule has 0 unspecified atom stereocenters. The summed E-state index contributed by atoms with van der Waals surface area (Å²) in [4.78, 5) is 15.1. The van der Waals surface area contributed by atoms with E-state index in [4.69, 9.17) is 0 Å². The van der Waals surface area contributed by atoms with Gasteiger partial charge in [-0.25, -0.2) is 0 Å². The predicted molar refractivity (Wildman–Crippen MR) is 69.3 cm³/mol. The molecule has 1 N–H and O–H groups in total. The molecule has 116 valence electrons. The third kappa shape index (κ3) is 3.63. The van der Waals surface area contributed by atoms with Gasteiger partial charge >= 0.3 is 12.1 Å². The minimum absolute atomic E-state index is 0.275. The van der Waals surface area contributed by atoms with E-state index in [2.05, 4.69) is 10.2 Å². The second kappa shape index (κ2) is 6.30. The van der Waals surface area contributed by atoms with E-state index in [1.807, 2.05) is 7.05 Å². The highest BCUT2D eigenvalue weighted by atomic mass is 19.4. The van der Waals surface area contributed by atoms with Gasteiger partial charge in [-0.2, -0.15) is 13.2 Å². The number of carbonyl (C=O) groups excluding carboxylic acids is 1. The van der Waals surface area contributed by atoms with Crippen molar-refractivity contribution >= 4 is 5.91 Å². The van der Waals surface area contributed by atoms with Crippen LogP contribution < -0.4 is 5.32 Å². The molecule has 2 saturated heterocycles. The van der Waals surface area contributed by atoms with E-state index >= 15 is 0 Å². The molecular weight excluding hydrogens is 271 g/mol. The first-order valence-electron chi connectivity index (χ1n) is 7.18. The number of hydrogen-bond donors (Lipinski definition) is 1. The summed E-state index contributed by atoms with van der Waals surface area (Å²) in [5.74, 6) is -1.65. The summed E-state index contributed by atoms with van der Waals surface area (Å²) >= 11 is 0. The highest BCUT2D eigenvalue weighted by Crippen LogP contribution is 2.28. The highest BCUT2D eigenvalue weighted by molar-refractivity contribution is 5.82.